The van der Waals surface area contributed by atoms with Crippen molar-refractivity contribution in [3.05, 3.63) is 76.7 Å². The van der Waals surface area contributed by atoms with Crippen LogP contribution in [0.4, 0.5) is 14.5 Å². The number of pyridine rings is 1. The predicted octanol–water partition coefficient (Wildman–Crippen LogP) is 3.67. The molecule has 0 spiro atoms. The van der Waals surface area contributed by atoms with E-state index < -0.39 is 11.6 Å². The highest BCUT2D eigenvalue weighted by Gasteiger charge is 2.41. The minimum atomic E-state index is -0.922. The Hall–Kier alpha value is -3.62. The van der Waals surface area contributed by atoms with Crippen molar-refractivity contribution < 1.29 is 18.3 Å². The van der Waals surface area contributed by atoms with Gasteiger partial charge in [0.2, 0.25) is 5.88 Å². The van der Waals surface area contributed by atoms with E-state index in [0.29, 0.717) is 47.2 Å². The lowest BCUT2D eigenvalue weighted by atomic mass is 9.85. The number of rotatable bonds is 5. The number of nitrogens with zero attached hydrogens (tertiary/aromatic N) is 4. The normalized spacial score (nSPS) is 18.9. The number of nitrogen functional groups attached to an aromatic ring is 1. The molecule has 0 radical (unpaired) electrons. The molecule has 1 aromatic carbocycles. The summed E-state index contributed by atoms with van der Waals surface area (Å²) < 4.78 is 33.7. The van der Waals surface area contributed by atoms with Gasteiger partial charge >= 0.3 is 0 Å². The van der Waals surface area contributed by atoms with E-state index in [-0.39, 0.29) is 23.8 Å². The maximum Gasteiger partial charge on any atom is 0.255 e. The third-order valence-electron chi connectivity index (χ3n) is 6.02. The molecule has 2 aromatic heterocycles. The summed E-state index contributed by atoms with van der Waals surface area (Å²) in [4.78, 5) is 19.2. The number of hydrogen-bond donors (Lipinski definition) is 1. The molecule has 1 aliphatic heterocycles. The molecule has 1 saturated heterocycles. The molecule has 9 heteroatoms. The van der Waals surface area contributed by atoms with Crippen LogP contribution in [0.15, 0.2) is 42.6 Å². The van der Waals surface area contributed by atoms with Crippen molar-refractivity contribution in [2.24, 2.45) is 5.92 Å². The van der Waals surface area contributed by atoms with Crippen molar-refractivity contribution in [3.8, 4) is 5.88 Å². The molecule has 0 saturated carbocycles. The van der Waals surface area contributed by atoms with Crippen molar-refractivity contribution in [1.82, 2.24) is 20.1 Å². The van der Waals surface area contributed by atoms with Gasteiger partial charge in [0.05, 0.1) is 28.8 Å². The maximum absolute atomic E-state index is 14.0. The van der Waals surface area contributed by atoms with E-state index in [1.54, 1.807) is 43.0 Å². The molecular formula is C24H25F2N5O2. The van der Waals surface area contributed by atoms with E-state index in [0.717, 1.165) is 6.07 Å². The number of carbonyl (C=O) groups is 1. The number of hydrogen-bond acceptors (Lipinski definition) is 6. The first-order valence-corrected chi connectivity index (χ1v) is 10.7. The number of anilines is 1. The molecule has 1 amide bonds. The Kier molecular flexibility index (Phi) is 6.22. The van der Waals surface area contributed by atoms with Gasteiger partial charge in [0.1, 0.15) is 6.10 Å². The SMILES string of the molecule is Cc1cc(C(=O)N2C[C@H]([C@H](C)Oc3ccc(N)cn3)[C@@H](c3ccc(F)c(F)c3)C2)c(C)nn1. The third kappa shape index (κ3) is 4.76. The average Bonchev–Trinajstić information content (AvgIpc) is 3.24. The molecule has 33 heavy (non-hydrogen) atoms. The van der Waals surface area contributed by atoms with Gasteiger partial charge < -0.3 is 15.4 Å². The van der Waals surface area contributed by atoms with Crippen LogP contribution < -0.4 is 10.5 Å². The maximum atomic E-state index is 14.0. The quantitative estimate of drug-likeness (QED) is 0.634. The van der Waals surface area contributed by atoms with Crippen LogP contribution in [-0.4, -0.2) is 45.2 Å². The lowest BCUT2D eigenvalue weighted by Crippen LogP contribution is -2.33. The number of ether oxygens (including phenoxy) is 1. The molecule has 0 aliphatic carbocycles. The fourth-order valence-electron chi connectivity index (χ4n) is 4.24. The van der Waals surface area contributed by atoms with Crippen LogP contribution in [-0.2, 0) is 0 Å². The van der Waals surface area contributed by atoms with Crippen LogP contribution in [0.2, 0.25) is 0 Å². The van der Waals surface area contributed by atoms with Crippen molar-refractivity contribution >= 4 is 11.6 Å². The van der Waals surface area contributed by atoms with Gasteiger partial charge in [-0.2, -0.15) is 10.2 Å². The minimum Gasteiger partial charge on any atom is -0.474 e. The number of halogens is 2. The summed E-state index contributed by atoms with van der Waals surface area (Å²) in [6.45, 7) is 6.10. The van der Waals surface area contributed by atoms with Gasteiger partial charge in [-0.05, 0) is 50.6 Å². The highest BCUT2D eigenvalue weighted by Crippen LogP contribution is 2.37. The second kappa shape index (κ2) is 9.09. The molecule has 1 aliphatic rings. The molecule has 0 unspecified atom stereocenters. The van der Waals surface area contributed by atoms with E-state index in [4.69, 9.17) is 10.5 Å². The molecule has 3 aromatic rings. The first-order chi connectivity index (χ1) is 15.7. The van der Waals surface area contributed by atoms with Crippen molar-refractivity contribution in [1.29, 1.82) is 0 Å². The molecule has 0 bridgehead atoms. The number of amides is 1. The van der Waals surface area contributed by atoms with Gasteiger partial charge in [-0.3, -0.25) is 4.79 Å². The van der Waals surface area contributed by atoms with Crippen LogP contribution in [0, 0.1) is 31.4 Å². The van der Waals surface area contributed by atoms with Crippen LogP contribution >= 0.6 is 0 Å². The Bertz CT molecular complexity index is 1170. The highest BCUT2D eigenvalue weighted by molar-refractivity contribution is 5.95. The van der Waals surface area contributed by atoms with E-state index in [1.165, 1.54) is 12.3 Å². The van der Waals surface area contributed by atoms with Gasteiger partial charge in [0.25, 0.3) is 5.91 Å². The van der Waals surface area contributed by atoms with Crippen LogP contribution in [0.5, 0.6) is 5.88 Å². The Morgan fingerprint density at radius 2 is 1.91 bits per heavy atom. The zero-order valence-corrected chi connectivity index (χ0v) is 18.6. The molecule has 3 atom stereocenters. The summed E-state index contributed by atoms with van der Waals surface area (Å²) in [6, 6.07) is 8.93. The number of benzene rings is 1. The molecule has 7 nitrogen and oxygen atoms in total. The van der Waals surface area contributed by atoms with E-state index in [1.807, 2.05) is 6.92 Å². The smallest absolute Gasteiger partial charge is 0.255 e. The van der Waals surface area contributed by atoms with Crippen LogP contribution in [0.1, 0.15) is 40.2 Å². The Balaban J connectivity index is 1.64. The number of aromatic nitrogens is 3. The minimum absolute atomic E-state index is 0.182. The number of likely N-dealkylation sites (tertiary alicyclic amines) is 1. The van der Waals surface area contributed by atoms with E-state index in [9.17, 15) is 13.6 Å². The first kappa shape index (κ1) is 22.6. The molecule has 3 heterocycles. The van der Waals surface area contributed by atoms with Gasteiger partial charge in [0, 0.05) is 31.0 Å². The first-order valence-electron chi connectivity index (χ1n) is 10.7. The number of carbonyl (C=O) groups excluding carboxylic acids is 1. The Morgan fingerprint density at radius 3 is 2.61 bits per heavy atom. The highest BCUT2D eigenvalue weighted by atomic mass is 19.2. The largest absolute Gasteiger partial charge is 0.474 e. The topological polar surface area (TPSA) is 94.2 Å². The predicted molar refractivity (Wildman–Crippen MR) is 119 cm³/mol. The van der Waals surface area contributed by atoms with Crippen molar-refractivity contribution in [2.75, 3.05) is 18.8 Å². The molecule has 1 fully saturated rings. The summed E-state index contributed by atoms with van der Waals surface area (Å²) in [7, 11) is 0. The fourth-order valence-corrected chi connectivity index (χ4v) is 4.24. The van der Waals surface area contributed by atoms with Gasteiger partial charge in [-0.25, -0.2) is 13.8 Å². The average molecular weight is 453 g/mol. The number of aryl methyl sites for hydroxylation is 2. The second-order valence-electron chi connectivity index (χ2n) is 8.39. The molecule has 4 rings (SSSR count). The monoisotopic (exact) mass is 453 g/mol. The number of nitrogens with two attached hydrogens (primary N) is 1. The van der Waals surface area contributed by atoms with E-state index >= 15 is 0 Å². The fraction of sp³-hybridized carbons (Fsp3) is 0.333. The molecule has 172 valence electrons. The van der Waals surface area contributed by atoms with Crippen LogP contribution in [0.3, 0.4) is 0 Å². The lowest BCUT2D eigenvalue weighted by molar-refractivity contribution is 0.0768. The van der Waals surface area contributed by atoms with Crippen molar-refractivity contribution in [3.63, 3.8) is 0 Å². The molecule has 2 N–H and O–H groups in total. The van der Waals surface area contributed by atoms with Gasteiger partial charge in [0.15, 0.2) is 11.6 Å². The third-order valence-corrected chi connectivity index (χ3v) is 6.02. The summed E-state index contributed by atoms with van der Waals surface area (Å²) in [6.07, 6.45) is 1.14. The molecular weight excluding hydrogens is 428 g/mol. The second-order valence-corrected chi connectivity index (χ2v) is 8.39. The Morgan fingerprint density at radius 1 is 1.12 bits per heavy atom. The summed E-state index contributed by atoms with van der Waals surface area (Å²) in [5.41, 5.74) is 8.47. The Labute approximate surface area is 190 Å². The zero-order chi connectivity index (χ0) is 23.7. The van der Waals surface area contributed by atoms with E-state index in [2.05, 4.69) is 15.2 Å². The standard InChI is InChI=1S/C24H25F2N5O2/c1-13-8-18(14(2)30-29-13)24(32)31-11-19(15(3)33-23-7-5-17(27)10-28-23)20(12-31)16-4-6-21(25)22(26)9-16/h4-10,15,19-20H,11-12,27H2,1-3H3/t15-,19+,20+/m0/s1. The van der Waals surface area contributed by atoms with Gasteiger partial charge in [-0.1, -0.05) is 6.07 Å². The summed E-state index contributed by atoms with van der Waals surface area (Å²) >= 11 is 0. The van der Waals surface area contributed by atoms with Crippen molar-refractivity contribution in [2.45, 2.75) is 32.8 Å². The zero-order valence-electron chi connectivity index (χ0n) is 18.6. The summed E-state index contributed by atoms with van der Waals surface area (Å²) in [5.74, 6) is -2.06. The summed E-state index contributed by atoms with van der Waals surface area (Å²) in [5, 5.41) is 8.05. The lowest BCUT2D eigenvalue weighted by Gasteiger charge is -2.25. The van der Waals surface area contributed by atoms with Crippen LogP contribution in [0.25, 0.3) is 0 Å². The van der Waals surface area contributed by atoms with Gasteiger partial charge in [-0.15, -0.1) is 0 Å².